The van der Waals surface area contributed by atoms with Crippen LogP contribution in [0, 0.1) is 0 Å². The van der Waals surface area contributed by atoms with Gasteiger partial charge in [-0.2, -0.15) is 4.98 Å². The second-order valence-corrected chi connectivity index (χ2v) is 7.00. The summed E-state index contributed by atoms with van der Waals surface area (Å²) < 4.78 is 7.30. The number of ether oxygens (including phenoxy) is 1. The first-order chi connectivity index (χ1) is 12.2. The van der Waals surface area contributed by atoms with Gasteiger partial charge in [-0.1, -0.05) is 24.3 Å². The number of benzene rings is 1. The van der Waals surface area contributed by atoms with Gasteiger partial charge in [0, 0.05) is 31.7 Å². The Bertz CT molecular complexity index is 699. The van der Waals surface area contributed by atoms with Gasteiger partial charge in [-0.3, -0.25) is 4.90 Å². The van der Waals surface area contributed by atoms with E-state index in [-0.39, 0.29) is 0 Å². The van der Waals surface area contributed by atoms with E-state index in [4.69, 9.17) is 9.72 Å². The van der Waals surface area contributed by atoms with Gasteiger partial charge >= 0.3 is 0 Å². The largest absolute Gasteiger partial charge is 0.378 e. The van der Waals surface area contributed by atoms with E-state index < -0.39 is 0 Å². The first-order valence-corrected chi connectivity index (χ1v) is 9.30. The van der Waals surface area contributed by atoms with Gasteiger partial charge in [0.05, 0.1) is 13.2 Å². The zero-order valence-electron chi connectivity index (χ0n) is 15.2. The van der Waals surface area contributed by atoms with Crippen LogP contribution in [0.15, 0.2) is 24.3 Å². The van der Waals surface area contributed by atoms with Crippen molar-refractivity contribution in [2.24, 2.45) is 7.05 Å². The molecule has 6 heteroatoms. The minimum Gasteiger partial charge on any atom is -0.378 e. The molecule has 2 aliphatic rings. The topological polar surface area (TPSA) is 46.4 Å². The van der Waals surface area contributed by atoms with Gasteiger partial charge in [-0.25, -0.2) is 4.68 Å². The van der Waals surface area contributed by atoms with Crippen molar-refractivity contribution in [3.05, 3.63) is 29.8 Å². The molecule has 0 saturated carbocycles. The molecule has 0 radical (unpaired) electrons. The normalized spacial score (nSPS) is 20.2. The number of hydrogen-bond donors (Lipinski definition) is 0. The summed E-state index contributed by atoms with van der Waals surface area (Å²) in [5.41, 5.74) is 2.45. The van der Waals surface area contributed by atoms with Crippen molar-refractivity contribution in [2.75, 3.05) is 44.3 Å². The summed E-state index contributed by atoms with van der Waals surface area (Å²) in [7, 11) is 1.96. The molecule has 0 amide bonds. The lowest BCUT2D eigenvalue weighted by Gasteiger charge is -2.26. The third kappa shape index (κ3) is 3.41. The van der Waals surface area contributed by atoms with Crippen molar-refractivity contribution in [1.29, 1.82) is 0 Å². The number of morpholine rings is 1. The zero-order valence-corrected chi connectivity index (χ0v) is 15.2. The molecule has 25 heavy (non-hydrogen) atoms. The highest BCUT2D eigenvalue weighted by molar-refractivity contribution is 5.57. The summed E-state index contributed by atoms with van der Waals surface area (Å²) >= 11 is 0. The molecule has 2 saturated heterocycles. The fourth-order valence-electron chi connectivity index (χ4n) is 3.79. The lowest BCUT2D eigenvalue weighted by Crippen LogP contribution is -2.37. The minimum atomic E-state index is 0.483. The van der Waals surface area contributed by atoms with Crippen LogP contribution in [-0.4, -0.2) is 59.1 Å². The SMILES string of the molecule is CC(c1ccc(-c2nc(N3CCOCC3)n(C)n2)cc1)N1CCCC1. The van der Waals surface area contributed by atoms with Crippen LogP contribution in [0.4, 0.5) is 5.95 Å². The van der Waals surface area contributed by atoms with Gasteiger partial charge in [0.1, 0.15) is 0 Å². The van der Waals surface area contributed by atoms with E-state index in [9.17, 15) is 0 Å². The van der Waals surface area contributed by atoms with Crippen LogP contribution in [-0.2, 0) is 11.8 Å². The highest BCUT2D eigenvalue weighted by atomic mass is 16.5. The first kappa shape index (κ1) is 16.5. The van der Waals surface area contributed by atoms with Gasteiger partial charge in [0.2, 0.25) is 5.95 Å². The standard InChI is InChI=1S/C19H27N5O/c1-15(23-9-3-4-10-23)16-5-7-17(8-6-16)18-20-19(22(2)21-18)24-11-13-25-14-12-24/h5-8,15H,3-4,9-14H2,1-2H3. The van der Waals surface area contributed by atoms with Crippen molar-refractivity contribution in [3.8, 4) is 11.4 Å². The number of rotatable bonds is 4. The molecular formula is C19H27N5O. The maximum absolute atomic E-state index is 5.43. The maximum Gasteiger partial charge on any atom is 0.224 e. The van der Waals surface area contributed by atoms with E-state index >= 15 is 0 Å². The number of likely N-dealkylation sites (tertiary alicyclic amines) is 1. The van der Waals surface area contributed by atoms with Crippen LogP contribution in [0.25, 0.3) is 11.4 Å². The monoisotopic (exact) mass is 341 g/mol. The fraction of sp³-hybridized carbons (Fsp3) is 0.579. The Morgan fingerprint density at radius 1 is 1.00 bits per heavy atom. The number of nitrogens with zero attached hydrogens (tertiary/aromatic N) is 5. The van der Waals surface area contributed by atoms with E-state index in [1.807, 2.05) is 11.7 Å². The molecule has 1 atom stereocenters. The van der Waals surface area contributed by atoms with Crippen molar-refractivity contribution >= 4 is 5.95 Å². The Morgan fingerprint density at radius 2 is 1.68 bits per heavy atom. The van der Waals surface area contributed by atoms with Crippen molar-refractivity contribution in [2.45, 2.75) is 25.8 Å². The lowest BCUT2D eigenvalue weighted by molar-refractivity contribution is 0.121. The predicted molar refractivity (Wildman–Crippen MR) is 98.7 cm³/mol. The minimum absolute atomic E-state index is 0.483. The van der Waals surface area contributed by atoms with Crippen LogP contribution in [0.5, 0.6) is 0 Å². The van der Waals surface area contributed by atoms with Crippen LogP contribution < -0.4 is 4.90 Å². The molecule has 1 aromatic heterocycles. The van der Waals surface area contributed by atoms with E-state index in [2.05, 4.69) is 46.1 Å². The lowest BCUT2D eigenvalue weighted by atomic mass is 10.0. The molecule has 6 nitrogen and oxygen atoms in total. The average Bonchev–Trinajstić information content (AvgIpc) is 3.32. The summed E-state index contributed by atoms with van der Waals surface area (Å²) in [4.78, 5) is 9.57. The fourth-order valence-corrected chi connectivity index (χ4v) is 3.79. The zero-order chi connectivity index (χ0) is 17.2. The first-order valence-electron chi connectivity index (χ1n) is 9.30. The Kier molecular flexibility index (Phi) is 4.72. The quantitative estimate of drug-likeness (QED) is 0.855. The van der Waals surface area contributed by atoms with Gasteiger partial charge in [-0.15, -0.1) is 5.10 Å². The summed E-state index contributed by atoms with van der Waals surface area (Å²) in [6.07, 6.45) is 2.65. The van der Waals surface area contributed by atoms with Crippen LogP contribution in [0.3, 0.4) is 0 Å². The molecule has 1 aromatic carbocycles. The smallest absolute Gasteiger partial charge is 0.224 e. The maximum atomic E-state index is 5.43. The van der Waals surface area contributed by atoms with Gasteiger partial charge in [-0.05, 0) is 38.4 Å². The highest BCUT2D eigenvalue weighted by Gasteiger charge is 2.21. The Morgan fingerprint density at radius 3 is 2.36 bits per heavy atom. The molecule has 2 fully saturated rings. The summed E-state index contributed by atoms with van der Waals surface area (Å²) in [6.45, 7) is 7.99. The second kappa shape index (κ2) is 7.14. The Balaban J connectivity index is 1.52. The van der Waals surface area contributed by atoms with E-state index in [1.54, 1.807) is 0 Å². The summed E-state index contributed by atoms with van der Waals surface area (Å²) in [5.74, 6) is 1.72. The molecular weight excluding hydrogens is 314 g/mol. The molecule has 1 unspecified atom stereocenters. The Hall–Kier alpha value is -1.92. The summed E-state index contributed by atoms with van der Waals surface area (Å²) in [6, 6.07) is 9.24. The van der Waals surface area contributed by atoms with Crippen molar-refractivity contribution in [3.63, 3.8) is 0 Å². The van der Waals surface area contributed by atoms with E-state index in [0.717, 1.165) is 43.6 Å². The molecule has 0 aliphatic carbocycles. The number of aryl methyl sites for hydroxylation is 1. The molecule has 0 spiro atoms. The van der Waals surface area contributed by atoms with Crippen LogP contribution in [0.2, 0.25) is 0 Å². The molecule has 4 rings (SSSR count). The summed E-state index contributed by atoms with van der Waals surface area (Å²) in [5, 5.41) is 4.62. The number of hydrogen-bond acceptors (Lipinski definition) is 5. The van der Waals surface area contributed by atoms with E-state index in [0.29, 0.717) is 6.04 Å². The van der Waals surface area contributed by atoms with Gasteiger partial charge in [0.15, 0.2) is 5.82 Å². The van der Waals surface area contributed by atoms with E-state index in [1.165, 1.54) is 31.5 Å². The highest BCUT2D eigenvalue weighted by Crippen LogP contribution is 2.27. The molecule has 134 valence electrons. The van der Waals surface area contributed by atoms with Crippen LogP contribution in [0.1, 0.15) is 31.4 Å². The number of anilines is 1. The molecule has 0 N–H and O–H groups in total. The molecule has 3 heterocycles. The number of aromatic nitrogens is 3. The second-order valence-electron chi connectivity index (χ2n) is 7.00. The Labute approximate surface area is 149 Å². The molecule has 0 bridgehead atoms. The van der Waals surface area contributed by atoms with Gasteiger partial charge in [0.25, 0.3) is 0 Å². The predicted octanol–water partition coefficient (Wildman–Crippen LogP) is 2.48. The van der Waals surface area contributed by atoms with Gasteiger partial charge < -0.3 is 9.64 Å². The van der Waals surface area contributed by atoms with Crippen LogP contribution >= 0.6 is 0 Å². The van der Waals surface area contributed by atoms with Crippen molar-refractivity contribution in [1.82, 2.24) is 19.7 Å². The van der Waals surface area contributed by atoms with Crippen molar-refractivity contribution < 1.29 is 4.74 Å². The third-order valence-electron chi connectivity index (χ3n) is 5.37. The molecule has 2 aromatic rings. The average molecular weight is 341 g/mol. The molecule has 2 aliphatic heterocycles. The third-order valence-corrected chi connectivity index (χ3v) is 5.37.